The van der Waals surface area contributed by atoms with E-state index in [0.717, 1.165) is 35.5 Å². The molecule has 1 atom stereocenters. The minimum atomic E-state index is -0.323. The van der Waals surface area contributed by atoms with E-state index in [0.29, 0.717) is 12.2 Å². The standard InChI is InChI=1S/C22H27NO3/c1-5-12-25-17-9-7-16(8-10-17)21(24)23-19-14-22(3,4)26-20-13-15(2)6-11-18(19)20/h6-11,13,19H,5,12,14H2,1-4H3,(H,23,24)/t19-/m0/s1. The molecule has 4 nitrogen and oxygen atoms in total. The predicted octanol–water partition coefficient (Wildman–Crippen LogP) is 4.82. The van der Waals surface area contributed by atoms with E-state index in [1.807, 2.05) is 31.2 Å². The molecule has 1 heterocycles. The predicted molar refractivity (Wildman–Crippen MR) is 103 cm³/mol. The first-order valence-corrected chi connectivity index (χ1v) is 9.21. The fourth-order valence-electron chi connectivity index (χ4n) is 3.25. The molecule has 0 radical (unpaired) electrons. The Kier molecular flexibility index (Phi) is 5.21. The van der Waals surface area contributed by atoms with E-state index in [1.165, 1.54) is 0 Å². The molecule has 0 saturated carbocycles. The highest BCUT2D eigenvalue weighted by atomic mass is 16.5. The third-order valence-corrected chi connectivity index (χ3v) is 4.52. The van der Waals surface area contributed by atoms with Crippen LogP contribution in [0.2, 0.25) is 0 Å². The second-order valence-corrected chi connectivity index (χ2v) is 7.51. The van der Waals surface area contributed by atoms with Gasteiger partial charge in [0, 0.05) is 17.5 Å². The third-order valence-electron chi connectivity index (χ3n) is 4.52. The fraction of sp³-hybridized carbons (Fsp3) is 0.409. The lowest BCUT2D eigenvalue weighted by molar-refractivity contribution is 0.0619. The Morgan fingerprint density at radius 2 is 1.96 bits per heavy atom. The number of amides is 1. The number of hydrogen-bond donors (Lipinski definition) is 1. The first-order valence-electron chi connectivity index (χ1n) is 9.21. The van der Waals surface area contributed by atoms with Gasteiger partial charge in [0.25, 0.3) is 5.91 Å². The molecule has 0 spiro atoms. The summed E-state index contributed by atoms with van der Waals surface area (Å²) in [6.07, 6.45) is 1.69. The molecule has 0 aliphatic carbocycles. The molecule has 1 amide bonds. The van der Waals surface area contributed by atoms with Crippen molar-refractivity contribution >= 4 is 5.91 Å². The third kappa shape index (κ3) is 4.18. The molecule has 0 aromatic heterocycles. The van der Waals surface area contributed by atoms with E-state index in [2.05, 4.69) is 32.2 Å². The van der Waals surface area contributed by atoms with Crippen LogP contribution < -0.4 is 14.8 Å². The summed E-state index contributed by atoms with van der Waals surface area (Å²) >= 11 is 0. The van der Waals surface area contributed by atoms with Gasteiger partial charge in [-0.05, 0) is 63.1 Å². The smallest absolute Gasteiger partial charge is 0.251 e. The van der Waals surface area contributed by atoms with Crippen LogP contribution in [0.5, 0.6) is 11.5 Å². The summed E-state index contributed by atoms with van der Waals surface area (Å²) in [6.45, 7) is 8.89. The quantitative estimate of drug-likeness (QED) is 0.838. The van der Waals surface area contributed by atoms with Crippen LogP contribution in [-0.2, 0) is 0 Å². The Hall–Kier alpha value is -2.49. The number of nitrogens with one attached hydrogen (secondary N) is 1. The van der Waals surface area contributed by atoms with Gasteiger partial charge in [-0.15, -0.1) is 0 Å². The molecule has 1 aliphatic heterocycles. The number of carbonyl (C=O) groups is 1. The molecule has 2 aromatic carbocycles. The molecule has 0 fully saturated rings. The monoisotopic (exact) mass is 353 g/mol. The Balaban J connectivity index is 1.76. The SMILES string of the molecule is CCCOc1ccc(C(=O)N[C@H]2CC(C)(C)Oc3cc(C)ccc32)cc1. The van der Waals surface area contributed by atoms with E-state index in [4.69, 9.17) is 9.47 Å². The minimum Gasteiger partial charge on any atom is -0.494 e. The minimum absolute atomic E-state index is 0.0714. The number of fused-ring (bicyclic) bond motifs is 1. The zero-order chi connectivity index (χ0) is 18.7. The summed E-state index contributed by atoms with van der Waals surface area (Å²) in [4.78, 5) is 12.7. The zero-order valence-corrected chi connectivity index (χ0v) is 16.0. The van der Waals surface area contributed by atoms with Gasteiger partial charge in [-0.1, -0.05) is 19.1 Å². The van der Waals surface area contributed by atoms with Crippen LogP contribution in [0, 0.1) is 6.92 Å². The molecule has 138 valence electrons. The van der Waals surface area contributed by atoms with E-state index >= 15 is 0 Å². The number of benzene rings is 2. The molecule has 0 bridgehead atoms. The highest BCUT2D eigenvalue weighted by Crippen LogP contribution is 2.40. The number of ether oxygens (including phenoxy) is 2. The fourth-order valence-corrected chi connectivity index (χ4v) is 3.25. The summed E-state index contributed by atoms with van der Waals surface area (Å²) in [7, 11) is 0. The highest BCUT2D eigenvalue weighted by Gasteiger charge is 2.34. The number of carbonyl (C=O) groups excluding carboxylic acids is 1. The second kappa shape index (κ2) is 7.40. The maximum atomic E-state index is 12.7. The van der Waals surface area contributed by atoms with Crippen molar-refractivity contribution in [1.82, 2.24) is 5.32 Å². The first kappa shape index (κ1) is 18.3. The van der Waals surface area contributed by atoms with Crippen LogP contribution in [0.4, 0.5) is 0 Å². The van der Waals surface area contributed by atoms with Crippen LogP contribution in [-0.4, -0.2) is 18.1 Å². The van der Waals surface area contributed by atoms with Gasteiger partial charge in [-0.3, -0.25) is 4.79 Å². The Morgan fingerprint density at radius 3 is 2.65 bits per heavy atom. The van der Waals surface area contributed by atoms with Crippen LogP contribution in [0.25, 0.3) is 0 Å². The molecule has 1 aliphatic rings. The van der Waals surface area contributed by atoms with Gasteiger partial charge in [0.1, 0.15) is 17.1 Å². The molecule has 0 saturated heterocycles. The van der Waals surface area contributed by atoms with Crippen molar-refractivity contribution in [3.63, 3.8) is 0 Å². The summed E-state index contributed by atoms with van der Waals surface area (Å²) < 4.78 is 11.7. The van der Waals surface area contributed by atoms with E-state index in [1.54, 1.807) is 12.1 Å². The zero-order valence-electron chi connectivity index (χ0n) is 16.0. The van der Waals surface area contributed by atoms with Crippen LogP contribution in [0.15, 0.2) is 42.5 Å². The average Bonchev–Trinajstić information content (AvgIpc) is 2.59. The average molecular weight is 353 g/mol. The normalized spacial score (nSPS) is 17.8. The van der Waals surface area contributed by atoms with Crippen LogP contribution >= 0.6 is 0 Å². The molecule has 0 unspecified atom stereocenters. The number of hydrogen-bond acceptors (Lipinski definition) is 3. The lowest BCUT2D eigenvalue weighted by Crippen LogP contribution is -2.41. The molecule has 2 aromatic rings. The largest absolute Gasteiger partial charge is 0.494 e. The van der Waals surface area contributed by atoms with Crippen molar-refractivity contribution in [3.8, 4) is 11.5 Å². The van der Waals surface area contributed by atoms with E-state index in [-0.39, 0.29) is 17.6 Å². The van der Waals surface area contributed by atoms with Gasteiger partial charge < -0.3 is 14.8 Å². The Morgan fingerprint density at radius 1 is 1.23 bits per heavy atom. The van der Waals surface area contributed by atoms with Crippen molar-refractivity contribution in [3.05, 3.63) is 59.2 Å². The van der Waals surface area contributed by atoms with Crippen molar-refractivity contribution in [1.29, 1.82) is 0 Å². The number of rotatable bonds is 5. The number of aryl methyl sites for hydroxylation is 1. The molecular formula is C22H27NO3. The van der Waals surface area contributed by atoms with Crippen molar-refractivity contribution in [2.75, 3.05) is 6.61 Å². The van der Waals surface area contributed by atoms with Gasteiger partial charge in [0.15, 0.2) is 0 Å². The summed E-state index contributed by atoms with van der Waals surface area (Å²) in [6, 6.07) is 13.4. The lowest BCUT2D eigenvalue weighted by Gasteiger charge is -2.38. The Bertz CT molecular complexity index is 780. The van der Waals surface area contributed by atoms with Crippen LogP contribution in [0.1, 0.15) is 61.1 Å². The Labute approximate surface area is 155 Å². The molecule has 4 heteroatoms. The maximum absolute atomic E-state index is 12.7. The second-order valence-electron chi connectivity index (χ2n) is 7.51. The summed E-state index contributed by atoms with van der Waals surface area (Å²) in [5, 5.41) is 3.17. The summed E-state index contributed by atoms with van der Waals surface area (Å²) in [5.41, 5.74) is 2.49. The van der Waals surface area contributed by atoms with Gasteiger partial charge in [-0.2, -0.15) is 0 Å². The van der Waals surface area contributed by atoms with Gasteiger partial charge in [0.2, 0.25) is 0 Å². The van der Waals surface area contributed by atoms with Crippen LogP contribution in [0.3, 0.4) is 0 Å². The molecule has 1 N–H and O–H groups in total. The first-order chi connectivity index (χ1) is 12.4. The highest BCUT2D eigenvalue weighted by molar-refractivity contribution is 5.94. The van der Waals surface area contributed by atoms with Crippen molar-refractivity contribution in [2.45, 2.75) is 52.2 Å². The molecular weight excluding hydrogens is 326 g/mol. The molecule has 26 heavy (non-hydrogen) atoms. The van der Waals surface area contributed by atoms with Crippen molar-refractivity contribution in [2.24, 2.45) is 0 Å². The maximum Gasteiger partial charge on any atom is 0.251 e. The van der Waals surface area contributed by atoms with Gasteiger partial charge in [0.05, 0.1) is 12.6 Å². The molecule has 3 rings (SSSR count). The lowest BCUT2D eigenvalue weighted by atomic mass is 9.89. The van der Waals surface area contributed by atoms with Gasteiger partial charge >= 0.3 is 0 Å². The van der Waals surface area contributed by atoms with Gasteiger partial charge in [-0.25, -0.2) is 0 Å². The van der Waals surface area contributed by atoms with E-state index in [9.17, 15) is 4.79 Å². The topological polar surface area (TPSA) is 47.6 Å². The van der Waals surface area contributed by atoms with E-state index < -0.39 is 0 Å². The van der Waals surface area contributed by atoms with Crippen molar-refractivity contribution < 1.29 is 14.3 Å². The summed E-state index contributed by atoms with van der Waals surface area (Å²) in [5.74, 6) is 1.56.